The average Bonchev–Trinajstić information content (AvgIpc) is 2.70. The van der Waals surface area contributed by atoms with Crippen LogP contribution in [0.5, 0.6) is 0 Å². The van der Waals surface area contributed by atoms with Crippen molar-refractivity contribution in [3.8, 4) is 0 Å². The summed E-state index contributed by atoms with van der Waals surface area (Å²) in [6.07, 6.45) is 1.06. The van der Waals surface area contributed by atoms with Crippen LogP contribution in [0.15, 0.2) is 6.07 Å². The van der Waals surface area contributed by atoms with Crippen LogP contribution in [0.25, 0.3) is 0 Å². The third kappa shape index (κ3) is 3.08. The van der Waals surface area contributed by atoms with Gasteiger partial charge >= 0.3 is 0 Å². The van der Waals surface area contributed by atoms with Gasteiger partial charge in [-0.3, -0.25) is 9.48 Å². The smallest absolute Gasteiger partial charge is 0.274 e. The number of halogens is 1. The highest BCUT2D eigenvalue weighted by molar-refractivity contribution is 5.92. The lowest BCUT2D eigenvalue weighted by Gasteiger charge is -2.25. The van der Waals surface area contributed by atoms with Gasteiger partial charge in [0.1, 0.15) is 0 Å². The second-order valence-corrected chi connectivity index (χ2v) is 4.68. The van der Waals surface area contributed by atoms with Crippen LogP contribution in [0.4, 0.5) is 0 Å². The molecule has 0 aromatic carbocycles. The molecule has 0 atom stereocenters. The molecule has 106 valence electrons. The lowest BCUT2D eigenvalue weighted by molar-refractivity contribution is 0.0298. The number of fused-ring (bicyclic) bond motifs is 1. The van der Waals surface area contributed by atoms with E-state index in [1.807, 2.05) is 15.6 Å². The minimum absolute atomic E-state index is 0. The highest BCUT2D eigenvalue weighted by Gasteiger charge is 2.22. The molecule has 2 aliphatic heterocycles. The quantitative estimate of drug-likeness (QED) is 0.805. The first kappa shape index (κ1) is 14.3. The van der Waals surface area contributed by atoms with Gasteiger partial charge < -0.3 is 15.0 Å². The number of aromatic nitrogens is 2. The molecule has 3 heterocycles. The van der Waals surface area contributed by atoms with E-state index >= 15 is 0 Å². The molecule has 7 heteroatoms. The van der Waals surface area contributed by atoms with E-state index in [-0.39, 0.29) is 18.3 Å². The van der Waals surface area contributed by atoms with Crippen molar-refractivity contribution in [2.24, 2.45) is 0 Å². The maximum atomic E-state index is 12.3. The lowest BCUT2D eigenvalue weighted by atomic mass is 10.3. The Bertz CT molecular complexity index is 419. The summed E-state index contributed by atoms with van der Waals surface area (Å²) in [7, 11) is 0. The number of amides is 1. The van der Waals surface area contributed by atoms with Crippen LogP contribution >= 0.6 is 12.4 Å². The van der Waals surface area contributed by atoms with Crippen LogP contribution in [-0.4, -0.2) is 53.4 Å². The molecule has 0 spiro atoms. The van der Waals surface area contributed by atoms with E-state index < -0.39 is 0 Å². The molecular weight excluding hydrogens is 268 g/mol. The molecule has 3 rings (SSSR count). The van der Waals surface area contributed by atoms with Gasteiger partial charge in [0.2, 0.25) is 0 Å². The Hall–Kier alpha value is -1.11. The molecule has 1 aromatic rings. The second kappa shape index (κ2) is 6.36. The monoisotopic (exact) mass is 286 g/mol. The average molecular weight is 287 g/mol. The summed E-state index contributed by atoms with van der Waals surface area (Å²) in [6, 6.07) is 1.91. The molecule has 2 aliphatic rings. The van der Waals surface area contributed by atoms with Crippen LogP contribution < -0.4 is 5.32 Å². The fourth-order valence-corrected chi connectivity index (χ4v) is 2.39. The van der Waals surface area contributed by atoms with E-state index in [0.717, 1.165) is 31.7 Å². The van der Waals surface area contributed by atoms with Gasteiger partial charge in [-0.25, -0.2) is 0 Å². The first-order chi connectivity index (χ1) is 8.84. The number of morpholine rings is 1. The zero-order valence-electron chi connectivity index (χ0n) is 10.8. The van der Waals surface area contributed by atoms with E-state index in [4.69, 9.17) is 4.74 Å². The normalized spacial score (nSPS) is 19.3. The van der Waals surface area contributed by atoms with E-state index in [1.54, 1.807) is 0 Å². The van der Waals surface area contributed by atoms with Crippen molar-refractivity contribution in [3.63, 3.8) is 0 Å². The van der Waals surface area contributed by atoms with E-state index in [0.29, 0.717) is 32.0 Å². The minimum Gasteiger partial charge on any atom is -0.378 e. The maximum absolute atomic E-state index is 12.3. The predicted octanol–water partition coefficient (Wildman–Crippen LogP) is 0.271. The number of carbonyl (C=O) groups excluding carboxylic acids is 1. The highest BCUT2D eigenvalue weighted by atomic mass is 35.5. The van der Waals surface area contributed by atoms with Crippen molar-refractivity contribution in [1.29, 1.82) is 0 Å². The number of nitrogens with one attached hydrogen (secondary N) is 1. The minimum atomic E-state index is 0. The highest BCUT2D eigenvalue weighted by Crippen LogP contribution is 2.11. The molecular formula is C12H19ClN4O2. The van der Waals surface area contributed by atoms with E-state index in [2.05, 4.69) is 10.4 Å². The third-order valence-corrected chi connectivity index (χ3v) is 3.41. The molecule has 1 amide bonds. The molecule has 1 N–H and O–H groups in total. The van der Waals surface area contributed by atoms with Gasteiger partial charge in [0.05, 0.1) is 18.9 Å². The SMILES string of the molecule is Cl.O=C(c1cc2n(n1)CCCNC2)N1CCOCC1. The topological polar surface area (TPSA) is 59.4 Å². The van der Waals surface area contributed by atoms with Crippen LogP contribution in [0.2, 0.25) is 0 Å². The summed E-state index contributed by atoms with van der Waals surface area (Å²) >= 11 is 0. The van der Waals surface area contributed by atoms with Crippen molar-refractivity contribution in [2.75, 3.05) is 32.8 Å². The first-order valence-corrected chi connectivity index (χ1v) is 6.49. The molecule has 0 bridgehead atoms. The van der Waals surface area contributed by atoms with Gasteiger partial charge in [0, 0.05) is 26.2 Å². The first-order valence-electron chi connectivity index (χ1n) is 6.49. The van der Waals surface area contributed by atoms with E-state index in [9.17, 15) is 4.79 Å². The van der Waals surface area contributed by atoms with Crippen molar-refractivity contribution in [3.05, 3.63) is 17.5 Å². The zero-order valence-corrected chi connectivity index (χ0v) is 11.6. The van der Waals surface area contributed by atoms with Gasteiger partial charge in [-0.05, 0) is 19.0 Å². The summed E-state index contributed by atoms with van der Waals surface area (Å²) in [5, 5.41) is 7.76. The fraction of sp³-hybridized carbons (Fsp3) is 0.667. The van der Waals surface area contributed by atoms with Crippen LogP contribution in [0, 0.1) is 0 Å². The summed E-state index contributed by atoms with van der Waals surface area (Å²) < 4.78 is 7.21. The van der Waals surface area contributed by atoms with E-state index in [1.165, 1.54) is 0 Å². The largest absolute Gasteiger partial charge is 0.378 e. The van der Waals surface area contributed by atoms with Gasteiger partial charge in [0.15, 0.2) is 5.69 Å². The number of ether oxygens (including phenoxy) is 1. The molecule has 1 fully saturated rings. The van der Waals surface area contributed by atoms with Crippen LogP contribution in [0.1, 0.15) is 22.6 Å². The van der Waals surface area contributed by atoms with Crippen molar-refractivity contribution >= 4 is 18.3 Å². The van der Waals surface area contributed by atoms with Crippen molar-refractivity contribution in [1.82, 2.24) is 20.0 Å². The summed E-state index contributed by atoms with van der Waals surface area (Å²) in [4.78, 5) is 14.1. The number of aryl methyl sites for hydroxylation is 1. The molecule has 6 nitrogen and oxygen atoms in total. The molecule has 1 saturated heterocycles. The van der Waals surface area contributed by atoms with Gasteiger partial charge in [0.25, 0.3) is 5.91 Å². The summed E-state index contributed by atoms with van der Waals surface area (Å²) in [5.74, 6) is 0.0267. The van der Waals surface area contributed by atoms with Gasteiger partial charge in [-0.2, -0.15) is 5.10 Å². The molecule has 0 unspecified atom stereocenters. The Morgan fingerprint density at radius 3 is 2.89 bits per heavy atom. The Labute approximate surface area is 118 Å². The Morgan fingerprint density at radius 1 is 1.32 bits per heavy atom. The Morgan fingerprint density at radius 2 is 2.11 bits per heavy atom. The zero-order chi connectivity index (χ0) is 12.4. The number of nitrogens with zero attached hydrogens (tertiary/aromatic N) is 3. The summed E-state index contributed by atoms with van der Waals surface area (Å²) in [5.41, 5.74) is 1.67. The Balaban J connectivity index is 0.00000133. The number of hydrogen-bond acceptors (Lipinski definition) is 4. The number of rotatable bonds is 1. The number of hydrogen-bond donors (Lipinski definition) is 1. The Kier molecular flexibility index (Phi) is 4.79. The molecule has 0 aliphatic carbocycles. The lowest BCUT2D eigenvalue weighted by Crippen LogP contribution is -2.40. The molecule has 0 saturated carbocycles. The molecule has 0 radical (unpaired) electrons. The predicted molar refractivity (Wildman–Crippen MR) is 72.5 cm³/mol. The molecule has 1 aromatic heterocycles. The molecule has 19 heavy (non-hydrogen) atoms. The standard InChI is InChI=1S/C12H18N4O2.ClH/c17-12(15-4-6-18-7-5-15)11-8-10-9-13-2-1-3-16(10)14-11;/h8,13H,1-7,9H2;1H. The van der Waals surface area contributed by atoms with Gasteiger partial charge in [-0.15, -0.1) is 12.4 Å². The fourth-order valence-electron chi connectivity index (χ4n) is 2.39. The third-order valence-electron chi connectivity index (χ3n) is 3.41. The summed E-state index contributed by atoms with van der Waals surface area (Å²) in [6.45, 7) is 5.28. The van der Waals surface area contributed by atoms with Crippen molar-refractivity contribution < 1.29 is 9.53 Å². The van der Waals surface area contributed by atoms with Crippen LogP contribution in [0.3, 0.4) is 0 Å². The maximum Gasteiger partial charge on any atom is 0.274 e. The van der Waals surface area contributed by atoms with Crippen molar-refractivity contribution in [2.45, 2.75) is 19.5 Å². The number of carbonyl (C=O) groups is 1. The van der Waals surface area contributed by atoms with Crippen LogP contribution in [-0.2, 0) is 17.8 Å². The second-order valence-electron chi connectivity index (χ2n) is 4.68. The van der Waals surface area contributed by atoms with Gasteiger partial charge in [-0.1, -0.05) is 0 Å².